The van der Waals surface area contributed by atoms with Gasteiger partial charge in [-0.15, -0.1) is 0 Å². The Morgan fingerprint density at radius 3 is 2.78 bits per heavy atom. The fourth-order valence-electron chi connectivity index (χ4n) is 2.96. The van der Waals surface area contributed by atoms with Crippen LogP contribution in [-0.4, -0.2) is 26.8 Å². The first-order valence-electron chi connectivity index (χ1n) is 7.77. The molecule has 6 nitrogen and oxygen atoms in total. The second-order valence-corrected chi connectivity index (χ2v) is 5.72. The van der Waals surface area contributed by atoms with Gasteiger partial charge in [-0.05, 0) is 24.8 Å². The number of benzene rings is 1. The van der Waals surface area contributed by atoms with Gasteiger partial charge in [0.1, 0.15) is 0 Å². The highest BCUT2D eigenvalue weighted by Crippen LogP contribution is 2.21. The van der Waals surface area contributed by atoms with E-state index in [1.807, 2.05) is 35.0 Å². The number of hydrogen-bond acceptors (Lipinski definition) is 3. The quantitative estimate of drug-likeness (QED) is 0.886. The summed E-state index contributed by atoms with van der Waals surface area (Å²) < 4.78 is 1.87. The van der Waals surface area contributed by atoms with E-state index in [1.165, 1.54) is 0 Å². The van der Waals surface area contributed by atoms with Gasteiger partial charge in [-0.3, -0.25) is 14.3 Å². The Labute approximate surface area is 134 Å². The average molecular weight is 313 g/mol. The molecule has 120 valence electrons. The van der Waals surface area contributed by atoms with Crippen molar-refractivity contribution in [3.63, 3.8) is 0 Å². The maximum atomic E-state index is 12.6. The number of carbonyl (C=O) groups excluding carboxylic acids is 1. The molecule has 2 aromatic rings. The Kier molecular flexibility index (Phi) is 4.41. The predicted molar refractivity (Wildman–Crippen MR) is 84.1 cm³/mol. The molecule has 23 heavy (non-hydrogen) atoms. The number of hydrogen-bond donors (Lipinski definition) is 2. The molecule has 1 unspecified atom stereocenters. The highest BCUT2D eigenvalue weighted by molar-refractivity contribution is 5.95. The summed E-state index contributed by atoms with van der Waals surface area (Å²) in [6.07, 6.45) is 4.38. The van der Waals surface area contributed by atoms with Crippen molar-refractivity contribution < 1.29 is 14.7 Å². The van der Waals surface area contributed by atoms with Crippen LogP contribution in [0.5, 0.6) is 0 Å². The number of aryl methyl sites for hydroxylation is 1. The van der Waals surface area contributed by atoms with Crippen LogP contribution >= 0.6 is 0 Å². The predicted octanol–water partition coefficient (Wildman–Crippen LogP) is 2.17. The van der Waals surface area contributed by atoms with E-state index in [4.69, 9.17) is 5.11 Å². The monoisotopic (exact) mass is 313 g/mol. The molecule has 2 heterocycles. The molecule has 3 rings (SSSR count). The zero-order chi connectivity index (χ0) is 16.2. The third-order valence-corrected chi connectivity index (χ3v) is 4.11. The Morgan fingerprint density at radius 1 is 1.26 bits per heavy atom. The number of rotatable bonds is 5. The van der Waals surface area contributed by atoms with Crippen molar-refractivity contribution in [2.45, 2.75) is 38.3 Å². The molecule has 1 aliphatic heterocycles. The van der Waals surface area contributed by atoms with Crippen LogP contribution in [0.15, 0.2) is 36.5 Å². The summed E-state index contributed by atoms with van der Waals surface area (Å²) >= 11 is 0. The zero-order valence-electron chi connectivity index (χ0n) is 12.7. The first-order valence-corrected chi connectivity index (χ1v) is 7.77. The fraction of sp³-hybridized carbons (Fsp3) is 0.353. The van der Waals surface area contributed by atoms with Gasteiger partial charge in [-0.25, -0.2) is 0 Å². The van der Waals surface area contributed by atoms with Crippen molar-refractivity contribution in [2.24, 2.45) is 0 Å². The number of fused-ring (bicyclic) bond motifs is 1. The Balaban J connectivity index is 1.81. The number of aliphatic carboxylic acids is 1. The number of amides is 1. The van der Waals surface area contributed by atoms with Gasteiger partial charge < -0.3 is 10.4 Å². The summed E-state index contributed by atoms with van der Waals surface area (Å²) in [5.74, 6) is -1.21. The van der Waals surface area contributed by atoms with Gasteiger partial charge in [0, 0.05) is 6.54 Å². The molecule has 0 radical (unpaired) electrons. The van der Waals surface area contributed by atoms with Crippen molar-refractivity contribution >= 4 is 11.9 Å². The third kappa shape index (κ3) is 3.41. The maximum Gasteiger partial charge on any atom is 0.305 e. The third-order valence-electron chi connectivity index (χ3n) is 4.11. The molecule has 1 atom stereocenters. The lowest BCUT2D eigenvalue weighted by Gasteiger charge is -2.19. The van der Waals surface area contributed by atoms with Gasteiger partial charge >= 0.3 is 5.97 Å². The summed E-state index contributed by atoms with van der Waals surface area (Å²) in [5.41, 5.74) is 2.27. The number of nitrogens with one attached hydrogen (secondary N) is 1. The Morgan fingerprint density at radius 2 is 2.04 bits per heavy atom. The van der Waals surface area contributed by atoms with Crippen LogP contribution in [-0.2, 0) is 17.8 Å². The van der Waals surface area contributed by atoms with E-state index in [9.17, 15) is 9.59 Å². The molecule has 1 aliphatic rings. The summed E-state index contributed by atoms with van der Waals surface area (Å²) in [5, 5.41) is 16.2. The number of nitrogens with zero attached hydrogens (tertiary/aromatic N) is 2. The molecule has 1 aromatic heterocycles. The summed E-state index contributed by atoms with van der Waals surface area (Å²) in [6, 6.07) is 8.61. The molecule has 0 spiro atoms. The second-order valence-electron chi connectivity index (χ2n) is 5.72. The average Bonchev–Trinajstić information content (AvgIpc) is 2.99. The second kappa shape index (κ2) is 6.64. The first-order chi connectivity index (χ1) is 11.1. The van der Waals surface area contributed by atoms with Crippen LogP contribution in [0.1, 0.15) is 46.9 Å². The Hall–Kier alpha value is -2.63. The molecule has 0 aliphatic carbocycles. The van der Waals surface area contributed by atoms with Crippen LogP contribution in [0.3, 0.4) is 0 Å². The van der Waals surface area contributed by atoms with Crippen molar-refractivity contribution in [3.8, 4) is 0 Å². The smallest absolute Gasteiger partial charge is 0.305 e. The molecular weight excluding hydrogens is 294 g/mol. The van der Waals surface area contributed by atoms with E-state index >= 15 is 0 Å². The van der Waals surface area contributed by atoms with Crippen LogP contribution in [0.4, 0.5) is 0 Å². The molecule has 6 heteroatoms. The molecule has 0 saturated heterocycles. The number of carboxylic acids is 1. The lowest BCUT2D eigenvalue weighted by molar-refractivity contribution is -0.137. The first kappa shape index (κ1) is 15.3. The van der Waals surface area contributed by atoms with Gasteiger partial charge in [0.05, 0.1) is 29.9 Å². The molecule has 1 aromatic carbocycles. The van der Waals surface area contributed by atoms with Crippen LogP contribution < -0.4 is 5.32 Å². The summed E-state index contributed by atoms with van der Waals surface area (Å²) in [6.45, 7) is 0.833. The van der Waals surface area contributed by atoms with Crippen LogP contribution in [0.2, 0.25) is 0 Å². The van der Waals surface area contributed by atoms with E-state index in [0.717, 1.165) is 37.1 Å². The standard InChI is InChI=1S/C17H19N3O3/c21-16(22)10-14(12-6-2-1-3-7-12)19-17(23)13-11-18-20-9-5-4-8-15(13)20/h1-3,6-7,11,14H,4-5,8-10H2,(H,19,23)(H,21,22). The van der Waals surface area contributed by atoms with Crippen molar-refractivity contribution in [3.05, 3.63) is 53.3 Å². The minimum absolute atomic E-state index is 0.154. The number of carbonyl (C=O) groups is 2. The minimum atomic E-state index is -0.948. The number of carboxylic acid groups (broad SMARTS) is 1. The number of aromatic nitrogens is 2. The maximum absolute atomic E-state index is 12.6. The van der Waals surface area contributed by atoms with E-state index in [-0.39, 0.29) is 12.3 Å². The molecule has 2 N–H and O–H groups in total. The van der Waals surface area contributed by atoms with Gasteiger partial charge in [0.15, 0.2) is 0 Å². The SMILES string of the molecule is O=C(O)CC(NC(=O)c1cnn2c1CCCC2)c1ccccc1. The molecular formula is C17H19N3O3. The van der Waals surface area contributed by atoms with E-state index in [1.54, 1.807) is 6.20 Å². The molecule has 0 saturated carbocycles. The van der Waals surface area contributed by atoms with Crippen molar-refractivity contribution in [2.75, 3.05) is 0 Å². The summed E-state index contributed by atoms with van der Waals surface area (Å²) in [4.78, 5) is 23.7. The lowest BCUT2D eigenvalue weighted by atomic mass is 10.0. The Bertz CT molecular complexity index is 709. The van der Waals surface area contributed by atoms with Crippen LogP contribution in [0.25, 0.3) is 0 Å². The van der Waals surface area contributed by atoms with Gasteiger partial charge in [0.25, 0.3) is 5.91 Å². The molecule has 0 fully saturated rings. The van der Waals surface area contributed by atoms with E-state index in [0.29, 0.717) is 5.56 Å². The van der Waals surface area contributed by atoms with Crippen molar-refractivity contribution in [1.82, 2.24) is 15.1 Å². The van der Waals surface area contributed by atoms with Crippen molar-refractivity contribution in [1.29, 1.82) is 0 Å². The van der Waals surface area contributed by atoms with E-state index in [2.05, 4.69) is 10.4 Å². The zero-order valence-corrected chi connectivity index (χ0v) is 12.7. The van der Waals surface area contributed by atoms with E-state index < -0.39 is 12.0 Å². The highest BCUT2D eigenvalue weighted by atomic mass is 16.4. The van der Waals surface area contributed by atoms with Crippen LogP contribution in [0, 0.1) is 0 Å². The normalized spacial score (nSPS) is 14.8. The van der Waals surface area contributed by atoms with Gasteiger partial charge in [0.2, 0.25) is 0 Å². The lowest BCUT2D eigenvalue weighted by Crippen LogP contribution is -2.31. The fourth-order valence-corrected chi connectivity index (χ4v) is 2.96. The highest BCUT2D eigenvalue weighted by Gasteiger charge is 2.23. The summed E-state index contributed by atoms with van der Waals surface area (Å²) in [7, 11) is 0. The van der Waals surface area contributed by atoms with Gasteiger partial charge in [-0.1, -0.05) is 30.3 Å². The largest absolute Gasteiger partial charge is 0.481 e. The molecule has 0 bridgehead atoms. The minimum Gasteiger partial charge on any atom is -0.481 e. The van der Waals surface area contributed by atoms with Gasteiger partial charge in [-0.2, -0.15) is 5.10 Å². The molecule has 1 amide bonds. The topological polar surface area (TPSA) is 84.2 Å².